The predicted octanol–water partition coefficient (Wildman–Crippen LogP) is -3.58. The van der Waals surface area contributed by atoms with E-state index in [9.17, 15) is 24.0 Å². The van der Waals surface area contributed by atoms with Crippen molar-refractivity contribution in [3.8, 4) is 0 Å². The second-order valence-electron chi connectivity index (χ2n) is 7.67. The molecule has 0 aromatic rings. The number of hydrogen-bond acceptors (Lipinski definition) is 8. The van der Waals surface area contributed by atoms with Crippen LogP contribution in [0.15, 0.2) is 4.99 Å². The molecule has 5 atom stereocenters. The fourth-order valence-corrected chi connectivity index (χ4v) is 2.73. The predicted molar refractivity (Wildman–Crippen MR) is 120 cm³/mol. The highest BCUT2D eigenvalue weighted by molar-refractivity contribution is 5.94. The summed E-state index contributed by atoms with van der Waals surface area (Å²) in [5, 5.41) is 34.0. The lowest BCUT2D eigenvalue weighted by Crippen LogP contribution is -2.59. The van der Waals surface area contributed by atoms with Gasteiger partial charge in [-0.1, -0.05) is 20.3 Å². The maximum Gasteiger partial charge on any atom is 0.328 e. The Morgan fingerprint density at radius 1 is 0.941 bits per heavy atom. The SMILES string of the molecule is CCC(C)C(NC(=O)C(CCCN=C(N)N)NC(=O)C(N)CC(=O)O)C(=O)NC(CO)C(=O)O. The van der Waals surface area contributed by atoms with Gasteiger partial charge in [0, 0.05) is 6.54 Å². The molecular weight excluding hydrogens is 454 g/mol. The second kappa shape index (κ2) is 15.4. The number of guanidine groups is 1. The molecule has 0 saturated heterocycles. The molecule has 0 aromatic heterocycles. The summed E-state index contributed by atoms with van der Waals surface area (Å²) in [4.78, 5) is 63.6. The van der Waals surface area contributed by atoms with Crippen molar-refractivity contribution in [2.24, 2.45) is 28.1 Å². The Morgan fingerprint density at radius 3 is 2.00 bits per heavy atom. The van der Waals surface area contributed by atoms with E-state index >= 15 is 0 Å². The van der Waals surface area contributed by atoms with Gasteiger partial charge in [-0.15, -0.1) is 0 Å². The Morgan fingerprint density at radius 2 is 1.53 bits per heavy atom. The van der Waals surface area contributed by atoms with E-state index in [2.05, 4.69) is 20.9 Å². The Balaban J connectivity index is 5.59. The van der Waals surface area contributed by atoms with Gasteiger partial charge in [-0.2, -0.15) is 0 Å². The van der Waals surface area contributed by atoms with Gasteiger partial charge in [-0.05, 0) is 18.8 Å². The number of nitrogens with two attached hydrogens (primary N) is 3. The number of aliphatic hydroxyl groups is 1. The molecule has 15 nitrogen and oxygen atoms in total. The van der Waals surface area contributed by atoms with Crippen LogP contribution in [0.4, 0.5) is 0 Å². The highest BCUT2D eigenvalue weighted by Gasteiger charge is 2.32. The average Bonchev–Trinajstić information content (AvgIpc) is 2.75. The van der Waals surface area contributed by atoms with Crippen molar-refractivity contribution in [3.63, 3.8) is 0 Å². The summed E-state index contributed by atoms with van der Waals surface area (Å²) in [6.45, 7) is 2.67. The fraction of sp³-hybridized carbons (Fsp3) is 0.684. The summed E-state index contributed by atoms with van der Waals surface area (Å²) in [7, 11) is 0. The van der Waals surface area contributed by atoms with E-state index in [0.717, 1.165) is 0 Å². The number of carboxylic acids is 2. The minimum absolute atomic E-state index is 0.0252. The van der Waals surface area contributed by atoms with Gasteiger partial charge < -0.3 is 48.5 Å². The third-order valence-corrected chi connectivity index (χ3v) is 4.90. The van der Waals surface area contributed by atoms with Crippen molar-refractivity contribution in [1.29, 1.82) is 0 Å². The summed E-state index contributed by atoms with van der Waals surface area (Å²) in [5.74, 6) is -5.87. The topological polar surface area (TPSA) is 273 Å². The van der Waals surface area contributed by atoms with Crippen LogP contribution in [0.5, 0.6) is 0 Å². The minimum Gasteiger partial charge on any atom is -0.481 e. The Labute approximate surface area is 196 Å². The van der Waals surface area contributed by atoms with E-state index in [1.165, 1.54) is 0 Å². The molecule has 0 aliphatic rings. The monoisotopic (exact) mass is 489 g/mol. The smallest absolute Gasteiger partial charge is 0.328 e. The molecule has 0 aliphatic carbocycles. The molecule has 34 heavy (non-hydrogen) atoms. The molecule has 0 radical (unpaired) electrons. The molecule has 0 heterocycles. The number of carbonyl (C=O) groups is 5. The fourth-order valence-electron chi connectivity index (χ4n) is 2.73. The first-order valence-corrected chi connectivity index (χ1v) is 10.6. The zero-order valence-electron chi connectivity index (χ0n) is 19.2. The van der Waals surface area contributed by atoms with Gasteiger partial charge in [-0.3, -0.25) is 24.2 Å². The van der Waals surface area contributed by atoms with Crippen LogP contribution in [-0.4, -0.2) is 88.3 Å². The van der Waals surface area contributed by atoms with Gasteiger partial charge in [0.05, 0.1) is 19.1 Å². The van der Waals surface area contributed by atoms with Gasteiger partial charge in [0.25, 0.3) is 0 Å². The van der Waals surface area contributed by atoms with Crippen LogP contribution in [0.1, 0.15) is 39.5 Å². The zero-order valence-corrected chi connectivity index (χ0v) is 19.2. The summed E-state index contributed by atoms with van der Waals surface area (Å²) in [5.41, 5.74) is 16.1. The number of nitrogens with zero attached hydrogens (tertiary/aromatic N) is 1. The molecular formula is C19H35N7O8. The molecule has 0 bridgehead atoms. The van der Waals surface area contributed by atoms with Crippen LogP contribution in [0.3, 0.4) is 0 Å². The molecule has 3 amide bonds. The normalized spacial score (nSPS) is 15.1. The van der Waals surface area contributed by atoms with Gasteiger partial charge in [0.15, 0.2) is 5.96 Å². The average molecular weight is 490 g/mol. The molecule has 0 saturated carbocycles. The molecule has 0 fully saturated rings. The Bertz CT molecular complexity index is 757. The van der Waals surface area contributed by atoms with Crippen LogP contribution < -0.4 is 33.2 Å². The van der Waals surface area contributed by atoms with Crippen molar-refractivity contribution in [2.45, 2.75) is 63.7 Å². The zero-order chi connectivity index (χ0) is 26.4. The van der Waals surface area contributed by atoms with Crippen molar-refractivity contribution >= 4 is 35.6 Å². The maximum absolute atomic E-state index is 13.0. The summed E-state index contributed by atoms with van der Waals surface area (Å²) >= 11 is 0. The largest absolute Gasteiger partial charge is 0.481 e. The van der Waals surface area contributed by atoms with Crippen molar-refractivity contribution in [1.82, 2.24) is 16.0 Å². The van der Waals surface area contributed by atoms with Crippen LogP contribution in [0.2, 0.25) is 0 Å². The molecule has 0 spiro atoms. The van der Waals surface area contributed by atoms with Crippen molar-refractivity contribution in [3.05, 3.63) is 0 Å². The quantitative estimate of drug-likeness (QED) is 0.0580. The summed E-state index contributed by atoms with van der Waals surface area (Å²) in [6, 6.07) is -5.38. The molecule has 0 aliphatic heterocycles. The lowest BCUT2D eigenvalue weighted by molar-refractivity contribution is -0.143. The van der Waals surface area contributed by atoms with E-state index in [0.29, 0.717) is 6.42 Å². The van der Waals surface area contributed by atoms with Crippen LogP contribution >= 0.6 is 0 Å². The molecule has 0 rings (SSSR count). The maximum atomic E-state index is 13.0. The van der Waals surface area contributed by atoms with E-state index in [1.54, 1.807) is 13.8 Å². The summed E-state index contributed by atoms with van der Waals surface area (Å²) in [6.07, 6.45) is 0.0393. The number of amides is 3. The Kier molecular flexibility index (Phi) is 13.8. The number of nitrogens with one attached hydrogen (secondary N) is 3. The van der Waals surface area contributed by atoms with E-state index in [-0.39, 0.29) is 25.3 Å². The third kappa shape index (κ3) is 11.4. The number of aliphatic hydroxyl groups excluding tert-OH is 1. The van der Waals surface area contributed by atoms with Crippen LogP contribution in [0, 0.1) is 5.92 Å². The number of carboxylic acid groups (broad SMARTS) is 2. The standard InChI is InChI=1S/C19H35N7O8/c1-3-9(2)14(17(32)25-12(8-27)18(33)34)26-16(31)11(5-4-6-23-19(21)22)24-15(30)10(20)7-13(28)29/h9-12,14,27H,3-8,20H2,1-2H3,(H,24,30)(H,25,32)(H,26,31)(H,28,29)(H,33,34)(H4,21,22,23). The first kappa shape index (κ1) is 30.5. The van der Waals surface area contributed by atoms with Gasteiger partial charge in [0.2, 0.25) is 17.7 Å². The highest BCUT2D eigenvalue weighted by atomic mass is 16.4. The van der Waals surface area contributed by atoms with E-state index in [4.69, 9.17) is 32.5 Å². The first-order valence-electron chi connectivity index (χ1n) is 10.6. The van der Waals surface area contributed by atoms with Crippen molar-refractivity contribution < 1.29 is 39.3 Å². The molecule has 15 heteroatoms. The summed E-state index contributed by atoms with van der Waals surface area (Å²) < 4.78 is 0. The lowest BCUT2D eigenvalue weighted by atomic mass is 9.97. The molecule has 5 unspecified atom stereocenters. The molecule has 12 N–H and O–H groups in total. The molecule has 194 valence electrons. The third-order valence-electron chi connectivity index (χ3n) is 4.90. The van der Waals surface area contributed by atoms with Crippen molar-refractivity contribution in [2.75, 3.05) is 13.2 Å². The minimum atomic E-state index is -1.57. The van der Waals surface area contributed by atoms with Gasteiger partial charge in [0.1, 0.15) is 18.1 Å². The number of carbonyl (C=O) groups excluding carboxylic acids is 3. The van der Waals surface area contributed by atoms with Crippen LogP contribution in [0.25, 0.3) is 0 Å². The number of aliphatic carboxylic acids is 2. The van der Waals surface area contributed by atoms with Gasteiger partial charge >= 0.3 is 11.9 Å². The molecule has 0 aromatic carbocycles. The van der Waals surface area contributed by atoms with Crippen LogP contribution in [-0.2, 0) is 24.0 Å². The van der Waals surface area contributed by atoms with E-state index < -0.39 is 72.8 Å². The number of rotatable bonds is 16. The first-order chi connectivity index (χ1) is 15.8. The lowest BCUT2D eigenvalue weighted by Gasteiger charge is -2.27. The number of aliphatic imine (C=N–C) groups is 1. The van der Waals surface area contributed by atoms with E-state index in [1.807, 2.05) is 0 Å². The second-order valence-corrected chi connectivity index (χ2v) is 7.67. The Hall–Kier alpha value is -3.46. The van der Waals surface area contributed by atoms with Gasteiger partial charge in [-0.25, -0.2) is 4.79 Å². The number of hydrogen-bond donors (Lipinski definition) is 9. The highest BCUT2D eigenvalue weighted by Crippen LogP contribution is 2.10.